The highest BCUT2D eigenvalue weighted by atomic mass is 31.2. The molecule has 0 heterocycles. The van der Waals surface area contributed by atoms with Crippen LogP contribution in [0.5, 0.6) is 0 Å². The standard InChI is InChI=1S/C95H168O16P2/c1-4-7-10-13-16-19-22-25-27-29-31-33-35-37-39-41-42-43-44-45-46-48-50-51-53-55-57-59-61-64-66-69-72-75-78-81-93(98)105-84-90(96)85-107-112(101,102)108-86-91(97)87-109-113(103,104)110-89-92(111-95(100)83-80-77-74-71-68-63-24-21-18-15-12-9-6-3)88-106-94(99)82-79-76-73-70-67-65-62-60-58-56-54-52-49-47-40-38-36-34-32-30-28-26-23-20-17-14-11-8-5-2/h8,11,16-17,19-20,25-28,31-34,37-40,49,52,90-92,96-97H,4-7,9-10,12-15,18,21-24,29-30,35-36,41-48,50-51,53-89H2,1-3H3,(H,101,102)(H,103,104)/b11-8-,19-16-,20-17-,27-25-,28-26-,33-31-,34-32-,39-37-,40-38-,52-49-. The van der Waals surface area contributed by atoms with E-state index < -0.39 is 91.5 Å². The van der Waals surface area contributed by atoms with E-state index in [0.29, 0.717) is 19.3 Å². The summed E-state index contributed by atoms with van der Waals surface area (Å²) in [5.74, 6) is -1.56. The van der Waals surface area contributed by atoms with Gasteiger partial charge in [-0.15, -0.1) is 0 Å². The van der Waals surface area contributed by atoms with Crippen LogP contribution in [0.1, 0.15) is 406 Å². The van der Waals surface area contributed by atoms with Crippen molar-refractivity contribution in [1.82, 2.24) is 0 Å². The maximum Gasteiger partial charge on any atom is 0.472 e. The zero-order valence-corrected chi connectivity index (χ0v) is 73.8. The number of rotatable bonds is 87. The molecule has 18 heteroatoms. The second kappa shape index (κ2) is 87.3. The van der Waals surface area contributed by atoms with E-state index in [1.807, 2.05) is 0 Å². The molecule has 0 saturated carbocycles. The Bertz CT molecular complexity index is 2540. The first-order chi connectivity index (χ1) is 55.2. The molecule has 0 radical (unpaired) electrons. The molecule has 0 aliphatic rings. The molecule has 5 unspecified atom stereocenters. The first-order valence-electron chi connectivity index (χ1n) is 45.8. The Morgan fingerprint density at radius 3 is 0.761 bits per heavy atom. The number of phosphoric acid groups is 2. The molecule has 0 rings (SSSR count). The van der Waals surface area contributed by atoms with Gasteiger partial charge in [0.1, 0.15) is 25.4 Å². The topological polar surface area (TPSA) is 231 Å². The molecule has 0 bridgehead atoms. The van der Waals surface area contributed by atoms with E-state index in [9.17, 15) is 43.5 Å². The molecular formula is C95H168O16P2. The summed E-state index contributed by atoms with van der Waals surface area (Å²) in [4.78, 5) is 58.8. The van der Waals surface area contributed by atoms with E-state index in [0.717, 1.165) is 135 Å². The SMILES string of the molecule is CC/C=C\C/C=C\C/C=C\C/C=C\C/C=C\C/C=C\CCCCCCCCCCCCC(=O)OCC(COP(=O)(O)OCC(O)COP(=O)(O)OCC(O)COC(=O)CCCCCCCCCCCCCCCCCCCCC/C=C\C/C=C\C/C=C\C/C=C\CCCCC)OC(=O)CCCCCCCCCCCCCCC. The number of carbonyl (C=O) groups is 3. The number of allylic oxidation sites excluding steroid dienone is 20. The minimum Gasteiger partial charge on any atom is -0.463 e. The van der Waals surface area contributed by atoms with Gasteiger partial charge in [-0.2, -0.15) is 0 Å². The van der Waals surface area contributed by atoms with Crippen molar-refractivity contribution in [2.45, 2.75) is 424 Å². The Kier molecular flexibility index (Phi) is 84.1. The van der Waals surface area contributed by atoms with Gasteiger partial charge >= 0.3 is 33.6 Å². The van der Waals surface area contributed by atoms with Gasteiger partial charge in [0.25, 0.3) is 0 Å². The lowest BCUT2D eigenvalue weighted by Crippen LogP contribution is -2.30. The van der Waals surface area contributed by atoms with E-state index in [1.54, 1.807) is 0 Å². The van der Waals surface area contributed by atoms with Gasteiger partial charge in [0.15, 0.2) is 6.10 Å². The number of aliphatic hydroxyl groups excluding tert-OH is 2. The number of ether oxygens (including phenoxy) is 3. The van der Waals surface area contributed by atoms with Crippen molar-refractivity contribution in [2.24, 2.45) is 0 Å². The Labute approximate surface area is 691 Å². The van der Waals surface area contributed by atoms with Gasteiger partial charge in [-0.05, 0) is 116 Å². The van der Waals surface area contributed by atoms with Crippen molar-refractivity contribution in [2.75, 3.05) is 39.6 Å². The van der Waals surface area contributed by atoms with Gasteiger partial charge in [0, 0.05) is 19.3 Å². The highest BCUT2D eigenvalue weighted by molar-refractivity contribution is 7.47. The summed E-state index contributed by atoms with van der Waals surface area (Å²) >= 11 is 0. The fourth-order valence-corrected chi connectivity index (χ4v) is 14.3. The predicted octanol–water partition coefficient (Wildman–Crippen LogP) is 28.0. The van der Waals surface area contributed by atoms with Gasteiger partial charge in [-0.3, -0.25) is 32.5 Å². The van der Waals surface area contributed by atoms with Crippen LogP contribution in [0.25, 0.3) is 0 Å². The smallest absolute Gasteiger partial charge is 0.463 e. The molecule has 0 aliphatic carbocycles. The first kappa shape index (κ1) is 109. The molecule has 16 nitrogen and oxygen atoms in total. The molecule has 654 valence electrons. The Morgan fingerprint density at radius 1 is 0.257 bits per heavy atom. The molecule has 0 aromatic carbocycles. The zero-order chi connectivity index (χ0) is 82.2. The number of unbranched alkanes of at least 4 members (excludes halogenated alkanes) is 44. The van der Waals surface area contributed by atoms with E-state index in [4.69, 9.17) is 32.3 Å². The summed E-state index contributed by atoms with van der Waals surface area (Å²) in [7, 11) is -9.79. The van der Waals surface area contributed by atoms with E-state index in [1.165, 1.54) is 212 Å². The average molecular weight is 1630 g/mol. The predicted molar refractivity (Wildman–Crippen MR) is 473 cm³/mol. The fraction of sp³-hybridized carbons (Fsp3) is 0.758. The first-order valence-corrected chi connectivity index (χ1v) is 48.8. The molecule has 0 spiro atoms. The van der Waals surface area contributed by atoms with Crippen molar-refractivity contribution in [3.63, 3.8) is 0 Å². The molecule has 4 N–H and O–H groups in total. The van der Waals surface area contributed by atoms with E-state index in [-0.39, 0.29) is 19.3 Å². The second-order valence-electron chi connectivity index (χ2n) is 30.7. The Hall–Kier alpha value is -4.05. The summed E-state index contributed by atoms with van der Waals surface area (Å²) in [6.07, 6.45) is 107. The summed E-state index contributed by atoms with van der Waals surface area (Å²) in [5, 5.41) is 20.7. The minimum atomic E-state index is -4.93. The monoisotopic (exact) mass is 1630 g/mol. The lowest BCUT2D eigenvalue weighted by molar-refractivity contribution is -0.161. The number of aliphatic hydroxyl groups is 2. The normalized spacial score (nSPS) is 14.4. The molecule has 0 aromatic heterocycles. The summed E-state index contributed by atoms with van der Waals surface area (Å²) in [5.41, 5.74) is 0. The third-order valence-electron chi connectivity index (χ3n) is 19.7. The molecule has 0 fully saturated rings. The van der Waals surface area contributed by atoms with E-state index >= 15 is 0 Å². The maximum absolute atomic E-state index is 13.0. The molecule has 0 saturated heterocycles. The van der Waals surface area contributed by atoms with Gasteiger partial charge in [0.2, 0.25) is 0 Å². The van der Waals surface area contributed by atoms with Crippen molar-refractivity contribution in [3.8, 4) is 0 Å². The Morgan fingerprint density at radius 2 is 0.469 bits per heavy atom. The maximum atomic E-state index is 13.0. The van der Waals surface area contributed by atoms with Crippen molar-refractivity contribution in [3.05, 3.63) is 122 Å². The van der Waals surface area contributed by atoms with E-state index in [2.05, 4.69) is 142 Å². The molecule has 0 aromatic rings. The quantitative estimate of drug-likeness (QED) is 0.0146. The minimum absolute atomic E-state index is 0.107. The number of hydrogen-bond acceptors (Lipinski definition) is 14. The van der Waals surface area contributed by atoms with Gasteiger partial charge in [-0.25, -0.2) is 9.13 Å². The summed E-state index contributed by atoms with van der Waals surface area (Å²) in [6, 6.07) is 0. The second-order valence-corrected chi connectivity index (χ2v) is 33.6. The van der Waals surface area contributed by atoms with Crippen LogP contribution in [-0.4, -0.2) is 95.9 Å². The van der Waals surface area contributed by atoms with Gasteiger partial charge in [-0.1, -0.05) is 393 Å². The van der Waals surface area contributed by atoms with Crippen LogP contribution in [0.15, 0.2) is 122 Å². The van der Waals surface area contributed by atoms with Crippen LogP contribution in [0, 0.1) is 0 Å². The third-order valence-corrected chi connectivity index (χ3v) is 21.6. The Balaban J connectivity index is 4.38. The highest BCUT2D eigenvalue weighted by Gasteiger charge is 2.29. The van der Waals surface area contributed by atoms with Crippen LogP contribution in [0.2, 0.25) is 0 Å². The van der Waals surface area contributed by atoms with Crippen LogP contribution in [0.3, 0.4) is 0 Å². The molecule has 0 amide bonds. The fourth-order valence-electron chi connectivity index (χ4n) is 12.7. The molecular weight excluding hydrogens is 1460 g/mol. The number of esters is 3. The lowest BCUT2D eigenvalue weighted by atomic mass is 10.0. The number of phosphoric ester groups is 2. The highest BCUT2D eigenvalue weighted by Crippen LogP contribution is 2.45. The van der Waals surface area contributed by atoms with Gasteiger partial charge < -0.3 is 34.2 Å². The van der Waals surface area contributed by atoms with Crippen molar-refractivity contribution in [1.29, 1.82) is 0 Å². The summed E-state index contributed by atoms with van der Waals surface area (Å²) < 4.78 is 61.4. The van der Waals surface area contributed by atoms with Crippen LogP contribution >= 0.6 is 15.6 Å². The van der Waals surface area contributed by atoms with Crippen LogP contribution < -0.4 is 0 Å². The van der Waals surface area contributed by atoms with Gasteiger partial charge in [0.05, 0.1) is 26.4 Å². The molecule has 5 atom stereocenters. The van der Waals surface area contributed by atoms with Crippen LogP contribution in [0.4, 0.5) is 0 Å². The van der Waals surface area contributed by atoms with Crippen LogP contribution in [-0.2, 0) is 55.8 Å². The largest absolute Gasteiger partial charge is 0.472 e. The third kappa shape index (κ3) is 88.6. The van der Waals surface area contributed by atoms with Crippen molar-refractivity contribution >= 4 is 33.6 Å². The number of carbonyl (C=O) groups excluding carboxylic acids is 3. The molecule has 0 aliphatic heterocycles. The molecule has 113 heavy (non-hydrogen) atoms. The zero-order valence-electron chi connectivity index (χ0n) is 72.0. The lowest BCUT2D eigenvalue weighted by Gasteiger charge is -2.21. The average Bonchev–Trinajstić information content (AvgIpc) is 0.899. The van der Waals surface area contributed by atoms with Crippen molar-refractivity contribution < 1.29 is 75.8 Å². The number of hydrogen-bond donors (Lipinski definition) is 4. The summed E-state index contributed by atoms with van der Waals surface area (Å²) in [6.45, 7) is 2.60.